The van der Waals surface area contributed by atoms with Gasteiger partial charge in [-0.25, -0.2) is 0 Å². The number of nitrogens with one attached hydrogen (secondary N) is 1. The second kappa shape index (κ2) is 4.93. The van der Waals surface area contributed by atoms with Crippen LogP contribution in [0.25, 0.3) is 5.65 Å². The molecule has 0 aromatic carbocycles. The third-order valence-corrected chi connectivity index (χ3v) is 2.80. The second-order valence-corrected chi connectivity index (χ2v) is 4.06. The maximum atomic E-state index is 11.7. The predicted molar refractivity (Wildman–Crippen MR) is 67.7 cm³/mol. The lowest BCUT2D eigenvalue weighted by atomic mass is 10.3. The highest BCUT2D eigenvalue weighted by Gasteiger charge is 2.08. The van der Waals surface area contributed by atoms with Crippen LogP contribution in [0.15, 0.2) is 47.4 Å². The number of hydrogen-bond donors (Lipinski definition) is 1. The van der Waals surface area contributed by atoms with E-state index in [-0.39, 0.29) is 5.91 Å². The second-order valence-electron chi connectivity index (χ2n) is 4.06. The summed E-state index contributed by atoms with van der Waals surface area (Å²) >= 11 is 0. The fraction of sp³-hybridized carbons (Fsp3) is 0.154. The first-order valence-corrected chi connectivity index (χ1v) is 5.93. The van der Waals surface area contributed by atoms with Crippen molar-refractivity contribution in [3.05, 3.63) is 54.4 Å². The standard InChI is InChI=1S/C13H12N4O2/c18-13(10-5-8-19-9-10)14-6-4-12-16-15-11-3-1-2-7-17(11)12/h1-3,5,7-9H,4,6H2,(H,14,18). The molecule has 1 amide bonds. The van der Waals surface area contributed by atoms with Gasteiger partial charge in [-0.15, -0.1) is 10.2 Å². The molecule has 0 fully saturated rings. The first kappa shape index (κ1) is 11.5. The number of amides is 1. The number of hydrogen-bond acceptors (Lipinski definition) is 4. The Balaban J connectivity index is 1.62. The summed E-state index contributed by atoms with van der Waals surface area (Å²) in [5, 5.41) is 11.0. The fourth-order valence-electron chi connectivity index (χ4n) is 1.84. The highest BCUT2D eigenvalue weighted by Crippen LogP contribution is 2.03. The molecule has 0 aliphatic heterocycles. The highest BCUT2D eigenvalue weighted by molar-refractivity contribution is 5.93. The maximum absolute atomic E-state index is 11.7. The van der Waals surface area contributed by atoms with Gasteiger partial charge in [0.1, 0.15) is 12.1 Å². The van der Waals surface area contributed by atoms with Crippen LogP contribution in [0.1, 0.15) is 16.2 Å². The minimum Gasteiger partial charge on any atom is -0.472 e. The first-order valence-electron chi connectivity index (χ1n) is 5.93. The van der Waals surface area contributed by atoms with E-state index in [1.54, 1.807) is 6.07 Å². The van der Waals surface area contributed by atoms with Gasteiger partial charge in [0, 0.05) is 19.2 Å². The van der Waals surface area contributed by atoms with Crippen LogP contribution in [-0.4, -0.2) is 27.0 Å². The molecule has 0 saturated heterocycles. The zero-order valence-corrected chi connectivity index (χ0v) is 10.1. The maximum Gasteiger partial charge on any atom is 0.254 e. The Hall–Kier alpha value is -2.63. The molecule has 3 rings (SSSR count). The number of carbonyl (C=O) groups is 1. The van der Waals surface area contributed by atoms with E-state index < -0.39 is 0 Å². The van der Waals surface area contributed by atoms with Crippen LogP contribution in [0.5, 0.6) is 0 Å². The van der Waals surface area contributed by atoms with Crippen molar-refractivity contribution in [2.75, 3.05) is 6.54 Å². The molecule has 0 saturated carbocycles. The minimum atomic E-state index is -0.150. The average Bonchev–Trinajstić information content (AvgIpc) is 3.08. The molecule has 0 bridgehead atoms. The summed E-state index contributed by atoms with van der Waals surface area (Å²) in [6, 6.07) is 7.35. The van der Waals surface area contributed by atoms with E-state index in [1.165, 1.54) is 12.5 Å². The lowest BCUT2D eigenvalue weighted by molar-refractivity contribution is 0.0953. The third-order valence-electron chi connectivity index (χ3n) is 2.80. The molecular formula is C13H12N4O2. The molecule has 1 N–H and O–H groups in total. The molecule has 0 atom stereocenters. The summed E-state index contributed by atoms with van der Waals surface area (Å²) in [6.45, 7) is 0.500. The van der Waals surface area contributed by atoms with E-state index in [9.17, 15) is 4.79 Å². The summed E-state index contributed by atoms with van der Waals surface area (Å²) < 4.78 is 6.76. The van der Waals surface area contributed by atoms with Gasteiger partial charge >= 0.3 is 0 Å². The number of fused-ring (bicyclic) bond motifs is 1. The Morgan fingerprint density at radius 2 is 2.26 bits per heavy atom. The van der Waals surface area contributed by atoms with Gasteiger partial charge in [-0.05, 0) is 18.2 Å². The van der Waals surface area contributed by atoms with E-state index in [4.69, 9.17) is 4.42 Å². The van der Waals surface area contributed by atoms with Gasteiger partial charge < -0.3 is 9.73 Å². The predicted octanol–water partition coefficient (Wildman–Crippen LogP) is 1.29. The molecule has 0 aliphatic carbocycles. The Labute approximate surface area is 109 Å². The fourth-order valence-corrected chi connectivity index (χ4v) is 1.84. The van der Waals surface area contributed by atoms with E-state index in [2.05, 4.69) is 15.5 Å². The third kappa shape index (κ3) is 2.33. The molecule has 3 heterocycles. The summed E-state index contributed by atoms with van der Waals surface area (Å²) in [4.78, 5) is 11.7. The highest BCUT2D eigenvalue weighted by atomic mass is 16.3. The van der Waals surface area contributed by atoms with Gasteiger partial charge in [-0.3, -0.25) is 9.20 Å². The molecule has 0 unspecified atom stereocenters. The topological polar surface area (TPSA) is 72.4 Å². The number of pyridine rings is 1. The average molecular weight is 256 g/mol. The van der Waals surface area contributed by atoms with Crippen molar-refractivity contribution < 1.29 is 9.21 Å². The van der Waals surface area contributed by atoms with Crippen molar-refractivity contribution in [3.8, 4) is 0 Å². The van der Waals surface area contributed by atoms with Gasteiger partial charge in [-0.2, -0.15) is 0 Å². The normalized spacial score (nSPS) is 10.7. The minimum absolute atomic E-state index is 0.150. The number of rotatable bonds is 4. The van der Waals surface area contributed by atoms with Crippen molar-refractivity contribution in [3.63, 3.8) is 0 Å². The van der Waals surface area contributed by atoms with Crippen LogP contribution in [-0.2, 0) is 6.42 Å². The zero-order valence-electron chi connectivity index (χ0n) is 10.1. The molecular weight excluding hydrogens is 244 g/mol. The van der Waals surface area contributed by atoms with Crippen molar-refractivity contribution in [2.45, 2.75) is 6.42 Å². The Morgan fingerprint density at radius 3 is 3.11 bits per heavy atom. The largest absolute Gasteiger partial charge is 0.472 e. The van der Waals surface area contributed by atoms with Crippen LogP contribution < -0.4 is 5.32 Å². The molecule has 19 heavy (non-hydrogen) atoms. The van der Waals surface area contributed by atoms with E-state index >= 15 is 0 Å². The Kier molecular flexibility index (Phi) is 2.97. The smallest absolute Gasteiger partial charge is 0.254 e. The van der Waals surface area contributed by atoms with Crippen LogP contribution in [0.3, 0.4) is 0 Å². The van der Waals surface area contributed by atoms with E-state index in [0.717, 1.165) is 11.5 Å². The van der Waals surface area contributed by atoms with Crippen molar-refractivity contribution >= 4 is 11.6 Å². The van der Waals surface area contributed by atoms with Gasteiger partial charge in [0.25, 0.3) is 5.91 Å². The molecule has 0 aliphatic rings. The number of carbonyl (C=O) groups excluding carboxylic acids is 1. The zero-order chi connectivity index (χ0) is 13.1. The van der Waals surface area contributed by atoms with Gasteiger partial charge in [0.2, 0.25) is 0 Å². The lowest BCUT2D eigenvalue weighted by Gasteiger charge is -2.02. The quantitative estimate of drug-likeness (QED) is 0.763. The summed E-state index contributed by atoms with van der Waals surface area (Å²) in [7, 11) is 0. The monoisotopic (exact) mass is 256 g/mol. The Bertz CT molecular complexity index is 688. The van der Waals surface area contributed by atoms with Crippen LogP contribution in [0.4, 0.5) is 0 Å². The van der Waals surface area contributed by atoms with E-state index in [1.807, 2.05) is 28.8 Å². The molecule has 6 heteroatoms. The van der Waals surface area contributed by atoms with Crippen molar-refractivity contribution in [1.82, 2.24) is 19.9 Å². The number of aromatic nitrogens is 3. The molecule has 0 spiro atoms. The summed E-state index contributed by atoms with van der Waals surface area (Å²) in [5.41, 5.74) is 1.32. The molecule has 3 aromatic rings. The van der Waals surface area contributed by atoms with Gasteiger partial charge in [0.15, 0.2) is 5.65 Å². The SMILES string of the molecule is O=C(NCCc1nnc2ccccn12)c1ccoc1. The van der Waals surface area contributed by atoms with Crippen molar-refractivity contribution in [2.24, 2.45) is 0 Å². The lowest BCUT2D eigenvalue weighted by Crippen LogP contribution is -2.25. The first-order chi connectivity index (χ1) is 9.34. The molecule has 6 nitrogen and oxygen atoms in total. The summed E-state index contributed by atoms with van der Waals surface area (Å²) in [5.74, 6) is 0.672. The van der Waals surface area contributed by atoms with Crippen LogP contribution >= 0.6 is 0 Å². The number of furan rings is 1. The van der Waals surface area contributed by atoms with Crippen LogP contribution in [0.2, 0.25) is 0 Å². The molecule has 3 aromatic heterocycles. The number of nitrogens with zero attached hydrogens (tertiary/aromatic N) is 3. The van der Waals surface area contributed by atoms with E-state index in [0.29, 0.717) is 18.5 Å². The summed E-state index contributed by atoms with van der Waals surface area (Å²) in [6.07, 6.45) is 5.42. The van der Waals surface area contributed by atoms with Gasteiger partial charge in [-0.1, -0.05) is 6.07 Å². The van der Waals surface area contributed by atoms with Gasteiger partial charge in [0.05, 0.1) is 11.8 Å². The molecule has 96 valence electrons. The Morgan fingerprint density at radius 1 is 1.32 bits per heavy atom. The van der Waals surface area contributed by atoms with Crippen molar-refractivity contribution in [1.29, 1.82) is 0 Å². The van der Waals surface area contributed by atoms with Crippen LogP contribution in [0, 0.1) is 0 Å². The molecule has 0 radical (unpaired) electrons.